The average molecular weight is 327 g/mol. The number of halogens is 1. The van der Waals surface area contributed by atoms with E-state index >= 15 is 0 Å². The predicted molar refractivity (Wildman–Crippen MR) is 86.8 cm³/mol. The topological polar surface area (TPSA) is 24.9 Å². The Labute approximate surface area is 127 Å². The molecule has 0 aliphatic rings. The summed E-state index contributed by atoms with van der Waals surface area (Å²) < 4.78 is 1.09. The number of hydrogen-bond donors (Lipinski definition) is 1. The van der Waals surface area contributed by atoms with Gasteiger partial charge in [0.05, 0.1) is 11.6 Å². The standard InChI is InChI=1S/C17H15BrN2/c1-19-16(13-7-9-14(18)10-8-13)15-6-2-4-12-5-3-11-20-17(12)15/h2-11,16,19H,1H3. The molecule has 0 radical (unpaired) electrons. The fourth-order valence-corrected chi connectivity index (χ4v) is 2.78. The second kappa shape index (κ2) is 5.73. The minimum absolute atomic E-state index is 0.140. The molecule has 3 heteroatoms. The highest BCUT2D eigenvalue weighted by atomic mass is 79.9. The van der Waals surface area contributed by atoms with Crippen molar-refractivity contribution < 1.29 is 0 Å². The van der Waals surface area contributed by atoms with Gasteiger partial charge in [0, 0.05) is 16.1 Å². The maximum atomic E-state index is 4.54. The van der Waals surface area contributed by atoms with Crippen LogP contribution in [0.5, 0.6) is 0 Å². The Kier molecular flexibility index (Phi) is 3.81. The van der Waals surface area contributed by atoms with Crippen molar-refractivity contribution in [3.05, 3.63) is 76.4 Å². The largest absolute Gasteiger partial charge is 0.309 e. The summed E-state index contributed by atoms with van der Waals surface area (Å²) in [5, 5.41) is 4.56. The van der Waals surface area contributed by atoms with E-state index in [1.54, 1.807) is 0 Å². The Morgan fingerprint density at radius 1 is 1.00 bits per heavy atom. The first-order valence-corrected chi connectivity index (χ1v) is 7.35. The molecule has 2 nitrogen and oxygen atoms in total. The van der Waals surface area contributed by atoms with Crippen LogP contribution in [0, 0.1) is 0 Å². The molecule has 100 valence electrons. The molecule has 0 saturated carbocycles. The minimum Gasteiger partial charge on any atom is -0.309 e. The fourth-order valence-electron chi connectivity index (χ4n) is 2.52. The lowest BCUT2D eigenvalue weighted by Gasteiger charge is -2.18. The number of aromatic nitrogens is 1. The van der Waals surface area contributed by atoms with Crippen LogP contribution in [-0.2, 0) is 0 Å². The average Bonchev–Trinajstić information content (AvgIpc) is 2.50. The number of nitrogens with one attached hydrogen (secondary N) is 1. The highest BCUT2D eigenvalue weighted by Gasteiger charge is 2.15. The van der Waals surface area contributed by atoms with E-state index in [1.165, 1.54) is 16.5 Å². The summed E-state index contributed by atoms with van der Waals surface area (Å²) in [7, 11) is 1.98. The Morgan fingerprint density at radius 2 is 1.75 bits per heavy atom. The van der Waals surface area contributed by atoms with Crippen LogP contribution in [-0.4, -0.2) is 12.0 Å². The highest BCUT2D eigenvalue weighted by Crippen LogP contribution is 2.28. The van der Waals surface area contributed by atoms with Crippen LogP contribution in [0.2, 0.25) is 0 Å². The number of rotatable bonds is 3. The van der Waals surface area contributed by atoms with E-state index in [2.05, 4.69) is 74.8 Å². The maximum absolute atomic E-state index is 4.54. The molecule has 1 atom stereocenters. The van der Waals surface area contributed by atoms with Gasteiger partial charge in [0.1, 0.15) is 0 Å². The monoisotopic (exact) mass is 326 g/mol. The zero-order chi connectivity index (χ0) is 13.9. The van der Waals surface area contributed by atoms with Crippen molar-refractivity contribution in [1.82, 2.24) is 10.3 Å². The van der Waals surface area contributed by atoms with Gasteiger partial charge in [-0.05, 0) is 36.4 Å². The summed E-state index contributed by atoms with van der Waals surface area (Å²) >= 11 is 3.48. The lowest BCUT2D eigenvalue weighted by Crippen LogP contribution is -2.18. The molecule has 20 heavy (non-hydrogen) atoms. The molecule has 2 aromatic carbocycles. The lowest BCUT2D eigenvalue weighted by atomic mass is 9.96. The van der Waals surface area contributed by atoms with E-state index < -0.39 is 0 Å². The Bertz CT molecular complexity index is 717. The van der Waals surface area contributed by atoms with Gasteiger partial charge in [-0.2, -0.15) is 0 Å². The number of fused-ring (bicyclic) bond motifs is 1. The molecule has 1 aromatic heterocycles. The molecule has 0 spiro atoms. The Morgan fingerprint density at radius 3 is 2.50 bits per heavy atom. The Balaban J connectivity index is 2.14. The highest BCUT2D eigenvalue weighted by molar-refractivity contribution is 9.10. The van der Waals surface area contributed by atoms with Crippen LogP contribution in [0.3, 0.4) is 0 Å². The summed E-state index contributed by atoms with van der Waals surface area (Å²) in [6.07, 6.45) is 1.85. The first-order valence-electron chi connectivity index (χ1n) is 6.56. The van der Waals surface area contributed by atoms with Crippen LogP contribution in [0.1, 0.15) is 17.2 Å². The Hall–Kier alpha value is -1.71. The third-order valence-corrected chi connectivity index (χ3v) is 4.00. The predicted octanol–water partition coefficient (Wildman–Crippen LogP) is 4.31. The second-order valence-electron chi connectivity index (χ2n) is 4.70. The van der Waals surface area contributed by atoms with E-state index in [4.69, 9.17) is 0 Å². The normalized spacial score (nSPS) is 12.5. The first kappa shape index (κ1) is 13.3. The van der Waals surface area contributed by atoms with Gasteiger partial charge >= 0.3 is 0 Å². The van der Waals surface area contributed by atoms with Gasteiger partial charge in [-0.15, -0.1) is 0 Å². The molecular formula is C17H15BrN2. The zero-order valence-electron chi connectivity index (χ0n) is 11.2. The lowest BCUT2D eigenvalue weighted by molar-refractivity contribution is 0.695. The molecule has 0 saturated heterocycles. The van der Waals surface area contributed by atoms with Crippen LogP contribution >= 0.6 is 15.9 Å². The van der Waals surface area contributed by atoms with Crippen molar-refractivity contribution in [2.24, 2.45) is 0 Å². The first-order chi connectivity index (χ1) is 9.79. The number of para-hydroxylation sites is 1. The number of pyridine rings is 1. The van der Waals surface area contributed by atoms with Crippen molar-refractivity contribution in [2.75, 3.05) is 7.05 Å². The van der Waals surface area contributed by atoms with Crippen molar-refractivity contribution in [3.63, 3.8) is 0 Å². The van der Waals surface area contributed by atoms with E-state index in [0.717, 1.165) is 9.99 Å². The van der Waals surface area contributed by atoms with Crippen LogP contribution < -0.4 is 5.32 Å². The van der Waals surface area contributed by atoms with Gasteiger partial charge in [-0.1, -0.05) is 52.3 Å². The van der Waals surface area contributed by atoms with Crippen LogP contribution in [0.25, 0.3) is 10.9 Å². The molecule has 1 unspecified atom stereocenters. The van der Waals surface area contributed by atoms with Crippen molar-refractivity contribution >= 4 is 26.8 Å². The van der Waals surface area contributed by atoms with Crippen molar-refractivity contribution in [1.29, 1.82) is 0 Å². The second-order valence-corrected chi connectivity index (χ2v) is 5.61. The van der Waals surface area contributed by atoms with Crippen LogP contribution in [0.4, 0.5) is 0 Å². The van der Waals surface area contributed by atoms with E-state index in [1.807, 2.05) is 19.3 Å². The third kappa shape index (κ3) is 2.47. The smallest absolute Gasteiger partial charge is 0.0753 e. The molecule has 0 fully saturated rings. The van der Waals surface area contributed by atoms with E-state index in [9.17, 15) is 0 Å². The SMILES string of the molecule is CNC(c1ccc(Br)cc1)c1cccc2cccnc12. The molecule has 0 aliphatic carbocycles. The van der Waals surface area contributed by atoms with E-state index in [0.29, 0.717) is 0 Å². The van der Waals surface area contributed by atoms with Gasteiger partial charge < -0.3 is 5.32 Å². The quantitative estimate of drug-likeness (QED) is 0.775. The number of hydrogen-bond acceptors (Lipinski definition) is 2. The summed E-state index contributed by atoms with van der Waals surface area (Å²) in [5.74, 6) is 0. The van der Waals surface area contributed by atoms with Gasteiger partial charge in [-0.25, -0.2) is 0 Å². The molecule has 3 aromatic rings. The number of benzene rings is 2. The number of nitrogens with zero attached hydrogens (tertiary/aromatic N) is 1. The fraction of sp³-hybridized carbons (Fsp3) is 0.118. The van der Waals surface area contributed by atoms with Gasteiger partial charge in [0.15, 0.2) is 0 Å². The summed E-state index contributed by atoms with van der Waals surface area (Å²) in [4.78, 5) is 4.54. The summed E-state index contributed by atoms with van der Waals surface area (Å²) in [6.45, 7) is 0. The molecule has 1 heterocycles. The zero-order valence-corrected chi connectivity index (χ0v) is 12.8. The molecule has 0 bridgehead atoms. The minimum atomic E-state index is 0.140. The molecule has 0 aliphatic heterocycles. The van der Waals surface area contributed by atoms with E-state index in [-0.39, 0.29) is 6.04 Å². The molecule has 0 amide bonds. The molecule has 3 rings (SSSR count). The molecular weight excluding hydrogens is 312 g/mol. The van der Waals surface area contributed by atoms with Crippen molar-refractivity contribution in [3.8, 4) is 0 Å². The van der Waals surface area contributed by atoms with Crippen molar-refractivity contribution in [2.45, 2.75) is 6.04 Å². The third-order valence-electron chi connectivity index (χ3n) is 3.47. The molecule has 1 N–H and O–H groups in total. The van der Waals surface area contributed by atoms with Crippen LogP contribution in [0.15, 0.2) is 65.3 Å². The maximum Gasteiger partial charge on any atom is 0.0753 e. The summed E-state index contributed by atoms with van der Waals surface area (Å²) in [5.41, 5.74) is 3.49. The van der Waals surface area contributed by atoms with Gasteiger partial charge in [0.2, 0.25) is 0 Å². The van der Waals surface area contributed by atoms with Gasteiger partial charge in [-0.3, -0.25) is 4.98 Å². The van der Waals surface area contributed by atoms with Gasteiger partial charge in [0.25, 0.3) is 0 Å². The summed E-state index contributed by atoms with van der Waals surface area (Å²) in [6, 6.07) is 18.9.